The molecule has 0 unspecified atom stereocenters. The van der Waals surface area contributed by atoms with Crippen molar-refractivity contribution < 1.29 is 18.9 Å². The highest BCUT2D eigenvalue weighted by atomic mass is 16.6. The summed E-state index contributed by atoms with van der Waals surface area (Å²) in [5, 5.41) is 0. The van der Waals surface area contributed by atoms with Crippen molar-refractivity contribution in [3.05, 3.63) is 137 Å². The summed E-state index contributed by atoms with van der Waals surface area (Å²) < 4.78 is 28.4. The zero-order valence-corrected chi connectivity index (χ0v) is 23.6. The van der Waals surface area contributed by atoms with Crippen LogP contribution in [0.15, 0.2) is 109 Å². The number of hydrogen-bond acceptors (Lipinski definition) is 5. The molecule has 1 aliphatic rings. The van der Waals surface area contributed by atoms with E-state index in [0.717, 1.165) is 27.7 Å². The quantitative estimate of drug-likeness (QED) is 0.179. The first-order valence-electron chi connectivity index (χ1n) is 14.2. The van der Waals surface area contributed by atoms with E-state index in [1.165, 1.54) is 11.1 Å². The van der Waals surface area contributed by atoms with Crippen molar-refractivity contribution in [2.24, 2.45) is 0 Å². The molecule has 1 fully saturated rings. The lowest BCUT2D eigenvalue weighted by molar-refractivity contribution is -0.0913. The predicted octanol–water partition coefficient (Wildman–Crippen LogP) is 6.94. The Hall–Kier alpha value is -3.81. The van der Waals surface area contributed by atoms with Crippen molar-refractivity contribution in [3.8, 4) is 0 Å². The van der Waals surface area contributed by atoms with Crippen LogP contribution in [0.3, 0.4) is 0 Å². The summed E-state index contributed by atoms with van der Waals surface area (Å²) in [6, 6.07) is 34.9. The van der Waals surface area contributed by atoms with Crippen LogP contribution in [0, 0.1) is 13.8 Å². The fourth-order valence-electron chi connectivity index (χ4n) is 5.33. The van der Waals surface area contributed by atoms with E-state index in [1.807, 2.05) is 60.9 Å². The third-order valence-electron chi connectivity index (χ3n) is 7.71. The Morgan fingerprint density at radius 2 is 1.22 bits per heavy atom. The number of aryl methyl sites for hydroxylation is 2. The molecule has 5 aromatic rings. The van der Waals surface area contributed by atoms with Gasteiger partial charge in [-0.05, 0) is 53.8 Å². The second kappa shape index (κ2) is 12.8. The van der Waals surface area contributed by atoms with Gasteiger partial charge in [0.1, 0.15) is 18.3 Å². The Morgan fingerprint density at radius 3 is 1.83 bits per heavy atom. The Bertz CT molecular complexity index is 1540. The molecule has 0 bridgehead atoms. The van der Waals surface area contributed by atoms with Crippen LogP contribution < -0.4 is 0 Å². The lowest BCUT2D eigenvalue weighted by atomic mass is 10.1. The fraction of sp³-hybridized carbons (Fsp3) is 0.286. The number of hydrogen-bond donors (Lipinski definition) is 0. The van der Waals surface area contributed by atoms with Crippen molar-refractivity contribution >= 4 is 11.0 Å². The Morgan fingerprint density at radius 1 is 0.683 bits per heavy atom. The van der Waals surface area contributed by atoms with Crippen LogP contribution in [0.5, 0.6) is 0 Å². The monoisotopic (exact) mass is 548 g/mol. The predicted molar refractivity (Wildman–Crippen MR) is 159 cm³/mol. The number of rotatable bonds is 11. The minimum absolute atomic E-state index is 0.336. The summed E-state index contributed by atoms with van der Waals surface area (Å²) in [6.07, 6.45) is 0.343. The number of benzene rings is 4. The molecule has 2 heterocycles. The molecule has 41 heavy (non-hydrogen) atoms. The third kappa shape index (κ3) is 6.42. The number of imidazole rings is 1. The highest BCUT2D eigenvalue weighted by Gasteiger charge is 2.47. The summed E-state index contributed by atoms with van der Waals surface area (Å²) >= 11 is 0. The van der Waals surface area contributed by atoms with Crippen molar-refractivity contribution in [2.75, 3.05) is 6.61 Å². The molecule has 1 saturated heterocycles. The molecule has 4 aromatic carbocycles. The Labute approximate surface area is 241 Å². The second-order valence-corrected chi connectivity index (χ2v) is 10.7. The maximum Gasteiger partial charge on any atom is 0.164 e. The van der Waals surface area contributed by atoms with E-state index in [0.29, 0.717) is 26.4 Å². The maximum absolute atomic E-state index is 6.77. The Balaban J connectivity index is 1.31. The van der Waals surface area contributed by atoms with Gasteiger partial charge in [-0.25, -0.2) is 4.98 Å². The molecule has 6 rings (SSSR count). The van der Waals surface area contributed by atoms with Crippen molar-refractivity contribution in [1.82, 2.24) is 9.55 Å². The first kappa shape index (κ1) is 27.4. The van der Waals surface area contributed by atoms with Gasteiger partial charge < -0.3 is 23.5 Å². The molecule has 210 valence electrons. The molecule has 0 saturated carbocycles. The topological polar surface area (TPSA) is 54.7 Å². The SMILES string of the molecule is Cc1cc2ncn([C@H]3O[C@H](COCc4ccccc4)[C@@H](OCc4ccccc4)[C@H]3OCc3ccccc3)c2cc1C. The van der Waals surface area contributed by atoms with E-state index in [-0.39, 0.29) is 18.3 Å². The number of ether oxygens (including phenoxy) is 4. The molecule has 4 atom stereocenters. The zero-order chi connectivity index (χ0) is 28.0. The van der Waals surface area contributed by atoms with Crippen LogP contribution >= 0.6 is 0 Å². The van der Waals surface area contributed by atoms with Crippen molar-refractivity contribution in [3.63, 3.8) is 0 Å². The van der Waals surface area contributed by atoms with Crippen LogP contribution in [-0.2, 0) is 38.8 Å². The minimum Gasteiger partial charge on any atom is -0.374 e. The molecular formula is C35H36N2O4. The smallest absolute Gasteiger partial charge is 0.164 e. The van der Waals surface area contributed by atoms with Gasteiger partial charge in [-0.3, -0.25) is 0 Å². The maximum atomic E-state index is 6.77. The van der Waals surface area contributed by atoms with Crippen LogP contribution in [0.1, 0.15) is 34.0 Å². The van der Waals surface area contributed by atoms with Gasteiger partial charge in [-0.15, -0.1) is 0 Å². The van der Waals surface area contributed by atoms with Crippen LogP contribution in [0.25, 0.3) is 11.0 Å². The van der Waals surface area contributed by atoms with E-state index in [4.69, 9.17) is 23.9 Å². The van der Waals surface area contributed by atoms with Crippen LogP contribution in [0.2, 0.25) is 0 Å². The average molecular weight is 549 g/mol. The van der Waals surface area contributed by atoms with E-state index < -0.39 is 6.23 Å². The van der Waals surface area contributed by atoms with Crippen LogP contribution in [-0.4, -0.2) is 34.5 Å². The van der Waals surface area contributed by atoms with Crippen molar-refractivity contribution in [2.45, 2.75) is 58.2 Å². The van der Waals surface area contributed by atoms with Gasteiger partial charge in [0.2, 0.25) is 0 Å². The van der Waals surface area contributed by atoms with E-state index in [9.17, 15) is 0 Å². The van der Waals surface area contributed by atoms with Crippen LogP contribution in [0.4, 0.5) is 0 Å². The Kier molecular flexibility index (Phi) is 8.54. The number of nitrogens with zero attached hydrogens (tertiary/aromatic N) is 2. The minimum atomic E-state index is -0.433. The van der Waals surface area contributed by atoms with Gasteiger partial charge in [0.25, 0.3) is 0 Å². The first-order valence-corrected chi connectivity index (χ1v) is 14.2. The largest absolute Gasteiger partial charge is 0.374 e. The van der Waals surface area contributed by atoms with E-state index in [2.05, 4.69) is 66.9 Å². The molecule has 1 aromatic heterocycles. The van der Waals surface area contributed by atoms with Gasteiger partial charge in [0.15, 0.2) is 6.23 Å². The summed E-state index contributed by atoms with van der Waals surface area (Å²) in [7, 11) is 0. The molecule has 0 N–H and O–H groups in total. The molecule has 6 heteroatoms. The van der Waals surface area contributed by atoms with Gasteiger partial charge in [-0.1, -0.05) is 91.0 Å². The average Bonchev–Trinajstić information content (AvgIpc) is 3.57. The standard InChI is InChI=1S/C35H36N2O4/c1-25-18-30-31(19-26(25)2)37(24-36-30)35-34(40-22-29-16-10-5-11-17-29)33(39-21-28-14-8-4-9-15-28)32(41-35)23-38-20-27-12-6-3-7-13-27/h3-19,24,32-35H,20-23H2,1-2H3/t32-,33-,34-,35+/m1/s1. The number of aromatic nitrogens is 2. The highest BCUT2D eigenvalue weighted by Crippen LogP contribution is 2.37. The summed E-state index contributed by atoms with van der Waals surface area (Å²) in [4.78, 5) is 4.72. The normalized spacial score (nSPS) is 20.5. The first-order chi connectivity index (χ1) is 20.2. The summed E-state index contributed by atoms with van der Waals surface area (Å²) in [5.41, 5.74) is 7.68. The van der Waals surface area contributed by atoms with Crippen molar-refractivity contribution in [1.29, 1.82) is 0 Å². The molecule has 0 spiro atoms. The summed E-state index contributed by atoms with van der Waals surface area (Å²) in [6.45, 7) is 6.00. The van der Waals surface area contributed by atoms with Gasteiger partial charge in [-0.2, -0.15) is 0 Å². The molecular weight excluding hydrogens is 512 g/mol. The van der Waals surface area contributed by atoms with E-state index in [1.54, 1.807) is 0 Å². The van der Waals surface area contributed by atoms with Gasteiger partial charge >= 0.3 is 0 Å². The fourth-order valence-corrected chi connectivity index (χ4v) is 5.33. The third-order valence-corrected chi connectivity index (χ3v) is 7.71. The second-order valence-electron chi connectivity index (χ2n) is 10.7. The molecule has 0 aliphatic carbocycles. The summed E-state index contributed by atoms with van der Waals surface area (Å²) in [5.74, 6) is 0. The molecule has 1 aliphatic heterocycles. The molecule has 0 radical (unpaired) electrons. The number of fused-ring (bicyclic) bond motifs is 1. The zero-order valence-electron chi connectivity index (χ0n) is 23.6. The highest BCUT2D eigenvalue weighted by molar-refractivity contribution is 5.77. The lowest BCUT2D eigenvalue weighted by Crippen LogP contribution is -2.38. The molecule has 0 amide bonds. The van der Waals surface area contributed by atoms with Gasteiger partial charge in [0, 0.05) is 0 Å². The molecule has 6 nitrogen and oxygen atoms in total. The van der Waals surface area contributed by atoms with Gasteiger partial charge in [0.05, 0.1) is 43.8 Å². The lowest BCUT2D eigenvalue weighted by Gasteiger charge is -2.26. The van der Waals surface area contributed by atoms with E-state index >= 15 is 0 Å².